The van der Waals surface area contributed by atoms with Gasteiger partial charge in [-0.2, -0.15) is 0 Å². The minimum absolute atomic E-state index is 0.00653. The van der Waals surface area contributed by atoms with E-state index < -0.39 is 5.79 Å². The van der Waals surface area contributed by atoms with Gasteiger partial charge in [0.2, 0.25) is 0 Å². The largest absolute Gasteiger partial charge is 0.372 e. The molecule has 0 bridgehead atoms. The number of nitrogens with two attached hydrogens (primary N) is 1. The molecule has 2 atom stereocenters. The van der Waals surface area contributed by atoms with Gasteiger partial charge in [-0.15, -0.1) is 0 Å². The lowest BCUT2D eigenvalue weighted by atomic mass is 9.88. The Kier molecular flexibility index (Phi) is 3.84. The van der Waals surface area contributed by atoms with Gasteiger partial charge in [-0.25, -0.2) is 0 Å². The lowest BCUT2D eigenvalue weighted by molar-refractivity contribution is -0.206. The fraction of sp³-hybridized carbons (Fsp3) is 0.600. The maximum Gasteiger partial charge on any atom is 0.171 e. The van der Waals surface area contributed by atoms with E-state index in [2.05, 4.69) is 12.1 Å². The van der Waals surface area contributed by atoms with E-state index in [4.69, 9.17) is 19.9 Å². The molecule has 3 rings (SSSR count). The van der Waals surface area contributed by atoms with Gasteiger partial charge in [-0.05, 0) is 12.0 Å². The number of ether oxygens (including phenoxy) is 3. The van der Waals surface area contributed by atoms with Crippen LogP contribution in [-0.4, -0.2) is 31.1 Å². The highest BCUT2D eigenvalue weighted by molar-refractivity contribution is 5.13. The first kappa shape index (κ1) is 13.1. The van der Waals surface area contributed by atoms with Crippen molar-refractivity contribution in [3.8, 4) is 0 Å². The van der Waals surface area contributed by atoms with Gasteiger partial charge in [0.15, 0.2) is 5.79 Å². The van der Waals surface area contributed by atoms with E-state index in [0.717, 1.165) is 19.3 Å². The zero-order valence-corrected chi connectivity index (χ0v) is 11.1. The normalized spacial score (nSPS) is 29.7. The first-order valence-electron chi connectivity index (χ1n) is 6.96. The fourth-order valence-electron chi connectivity index (χ4n) is 2.85. The molecule has 0 amide bonds. The van der Waals surface area contributed by atoms with E-state index in [1.54, 1.807) is 0 Å². The van der Waals surface area contributed by atoms with Crippen LogP contribution in [0.25, 0.3) is 0 Å². The molecular weight excluding hydrogens is 242 g/mol. The molecule has 4 heteroatoms. The summed E-state index contributed by atoms with van der Waals surface area (Å²) < 4.78 is 17.5. The summed E-state index contributed by atoms with van der Waals surface area (Å²) in [6.07, 6.45) is 2.51. The molecule has 1 heterocycles. The van der Waals surface area contributed by atoms with Crippen LogP contribution in [-0.2, 0) is 20.8 Å². The molecule has 1 saturated carbocycles. The van der Waals surface area contributed by atoms with Crippen LogP contribution in [0.2, 0.25) is 0 Å². The summed E-state index contributed by atoms with van der Waals surface area (Å²) in [6.45, 7) is 1.95. The highest BCUT2D eigenvalue weighted by atomic mass is 16.7. The van der Waals surface area contributed by atoms with Crippen molar-refractivity contribution < 1.29 is 14.2 Å². The van der Waals surface area contributed by atoms with Gasteiger partial charge in [-0.1, -0.05) is 30.3 Å². The summed E-state index contributed by atoms with van der Waals surface area (Å²) in [6, 6.07) is 10.2. The predicted molar refractivity (Wildman–Crippen MR) is 71.5 cm³/mol. The number of hydrogen-bond acceptors (Lipinski definition) is 4. The molecule has 1 aliphatic heterocycles. The highest BCUT2D eigenvalue weighted by Gasteiger charge is 2.44. The Labute approximate surface area is 113 Å². The van der Waals surface area contributed by atoms with Crippen LogP contribution < -0.4 is 5.73 Å². The van der Waals surface area contributed by atoms with Crippen molar-refractivity contribution in [2.45, 2.75) is 43.8 Å². The van der Waals surface area contributed by atoms with E-state index in [-0.39, 0.29) is 12.1 Å². The van der Waals surface area contributed by atoms with Crippen LogP contribution in [0.5, 0.6) is 0 Å². The third-order valence-corrected chi connectivity index (χ3v) is 3.97. The molecule has 2 fully saturated rings. The summed E-state index contributed by atoms with van der Waals surface area (Å²) in [5.41, 5.74) is 7.33. The van der Waals surface area contributed by atoms with Gasteiger partial charge < -0.3 is 19.9 Å². The van der Waals surface area contributed by atoms with E-state index in [1.165, 1.54) is 5.56 Å². The first-order chi connectivity index (χ1) is 9.27. The fourth-order valence-corrected chi connectivity index (χ4v) is 2.85. The molecule has 1 aromatic carbocycles. The second-order valence-electron chi connectivity index (χ2n) is 5.35. The van der Waals surface area contributed by atoms with Crippen LogP contribution in [0.15, 0.2) is 30.3 Å². The van der Waals surface area contributed by atoms with Gasteiger partial charge >= 0.3 is 0 Å². The van der Waals surface area contributed by atoms with E-state index in [1.807, 2.05) is 18.2 Å². The van der Waals surface area contributed by atoms with E-state index in [0.29, 0.717) is 19.8 Å². The Bertz CT molecular complexity index is 403. The Morgan fingerprint density at radius 1 is 1.21 bits per heavy atom. The number of benzene rings is 1. The maximum atomic E-state index is 6.16. The topological polar surface area (TPSA) is 53.7 Å². The molecule has 0 radical (unpaired) electrons. The SMILES string of the molecule is NC1CCC2(CC1OCc1ccccc1)OCCO2. The molecule has 4 nitrogen and oxygen atoms in total. The summed E-state index contributed by atoms with van der Waals surface area (Å²) >= 11 is 0. The van der Waals surface area contributed by atoms with Crippen molar-refractivity contribution in [1.29, 1.82) is 0 Å². The van der Waals surface area contributed by atoms with Gasteiger partial charge in [0, 0.05) is 18.9 Å². The molecule has 2 N–H and O–H groups in total. The first-order valence-corrected chi connectivity index (χ1v) is 6.96. The molecule has 1 aromatic rings. The van der Waals surface area contributed by atoms with Crippen molar-refractivity contribution in [2.75, 3.05) is 13.2 Å². The Hall–Kier alpha value is -0.940. The summed E-state index contributed by atoms with van der Waals surface area (Å²) in [4.78, 5) is 0. The average Bonchev–Trinajstić information content (AvgIpc) is 2.90. The molecule has 104 valence electrons. The van der Waals surface area contributed by atoms with Crippen molar-refractivity contribution in [1.82, 2.24) is 0 Å². The van der Waals surface area contributed by atoms with Gasteiger partial charge in [-0.3, -0.25) is 0 Å². The Morgan fingerprint density at radius 3 is 2.68 bits per heavy atom. The highest BCUT2D eigenvalue weighted by Crippen LogP contribution is 2.36. The zero-order valence-electron chi connectivity index (χ0n) is 11.1. The average molecular weight is 263 g/mol. The monoisotopic (exact) mass is 263 g/mol. The number of hydrogen-bond donors (Lipinski definition) is 1. The molecule has 2 unspecified atom stereocenters. The number of rotatable bonds is 3. The second kappa shape index (κ2) is 5.59. The maximum absolute atomic E-state index is 6.16. The van der Waals surface area contributed by atoms with Gasteiger partial charge in [0.25, 0.3) is 0 Å². The molecule has 19 heavy (non-hydrogen) atoms. The Balaban J connectivity index is 1.59. The zero-order chi connectivity index (χ0) is 13.1. The Morgan fingerprint density at radius 2 is 1.95 bits per heavy atom. The molecule has 0 aromatic heterocycles. The van der Waals surface area contributed by atoms with Crippen LogP contribution >= 0.6 is 0 Å². The van der Waals surface area contributed by atoms with Crippen LogP contribution in [0.4, 0.5) is 0 Å². The quantitative estimate of drug-likeness (QED) is 0.904. The standard InChI is InChI=1S/C15H21NO3/c16-13-6-7-15(18-8-9-19-15)10-14(13)17-11-12-4-2-1-3-5-12/h1-5,13-14H,6-11,16H2. The van der Waals surface area contributed by atoms with E-state index >= 15 is 0 Å². The van der Waals surface area contributed by atoms with Gasteiger partial charge in [0.1, 0.15) is 0 Å². The molecule has 1 saturated heterocycles. The third kappa shape index (κ3) is 2.98. The molecule has 1 spiro atoms. The van der Waals surface area contributed by atoms with Crippen LogP contribution in [0, 0.1) is 0 Å². The smallest absolute Gasteiger partial charge is 0.171 e. The lowest BCUT2D eigenvalue weighted by Gasteiger charge is -2.39. The third-order valence-electron chi connectivity index (χ3n) is 3.97. The molecule has 2 aliphatic rings. The van der Waals surface area contributed by atoms with Crippen molar-refractivity contribution in [2.24, 2.45) is 5.73 Å². The van der Waals surface area contributed by atoms with Crippen molar-refractivity contribution >= 4 is 0 Å². The lowest BCUT2D eigenvalue weighted by Crippen LogP contribution is -2.50. The van der Waals surface area contributed by atoms with Crippen molar-refractivity contribution in [3.05, 3.63) is 35.9 Å². The summed E-state index contributed by atoms with van der Waals surface area (Å²) in [5.74, 6) is -0.433. The van der Waals surface area contributed by atoms with Crippen LogP contribution in [0.3, 0.4) is 0 Å². The van der Waals surface area contributed by atoms with E-state index in [9.17, 15) is 0 Å². The van der Waals surface area contributed by atoms with Crippen molar-refractivity contribution in [3.63, 3.8) is 0 Å². The second-order valence-corrected chi connectivity index (χ2v) is 5.35. The molecule has 1 aliphatic carbocycles. The minimum atomic E-state index is -0.433. The predicted octanol–water partition coefficient (Wildman–Crippen LogP) is 1.83. The summed E-state index contributed by atoms with van der Waals surface area (Å²) in [7, 11) is 0. The summed E-state index contributed by atoms with van der Waals surface area (Å²) in [5, 5.41) is 0. The van der Waals surface area contributed by atoms with Crippen LogP contribution in [0.1, 0.15) is 24.8 Å². The minimum Gasteiger partial charge on any atom is -0.372 e. The molecular formula is C15H21NO3. The van der Waals surface area contributed by atoms with Gasteiger partial charge in [0.05, 0.1) is 25.9 Å².